The van der Waals surface area contributed by atoms with Crippen molar-refractivity contribution in [2.45, 2.75) is 51.5 Å². The maximum absolute atomic E-state index is 13.9. The Balaban J connectivity index is 1.38. The molecule has 1 atom stereocenters. The van der Waals surface area contributed by atoms with E-state index in [2.05, 4.69) is 29.2 Å². The summed E-state index contributed by atoms with van der Waals surface area (Å²) in [5.41, 5.74) is 7.44. The fraction of sp³-hybridized carbons (Fsp3) is 0.308. The highest BCUT2D eigenvalue weighted by atomic mass is 19.1. The molecule has 172 valence electrons. The number of phenols is 1. The molecule has 34 heavy (non-hydrogen) atoms. The van der Waals surface area contributed by atoms with Crippen LogP contribution < -0.4 is 5.32 Å². The van der Waals surface area contributed by atoms with Crippen molar-refractivity contribution in [1.29, 1.82) is 0 Å². The third kappa shape index (κ3) is 3.50. The molecule has 1 aromatic carbocycles. The summed E-state index contributed by atoms with van der Waals surface area (Å²) in [4.78, 5) is 13.4. The molecule has 2 aliphatic carbocycles. The molecule has 0 spiro atoms. The van der Waals surface area contributed by atoms with Gasteiger partial charge in [-0.05, 0) is 66.5 Å². The summed E-state index contributed by atoms with van der Waals surface area (Å²) in [5, 5.41) is 18.2. The van der Waals surface area contributed by atoms with Gasteiger partial charge in [0, 0.05) is 23.4 Å². The topological polar surface area (TPSA) is 88.2 Å². The number of halogens is 1. The molecule has 0 saturated carbocycles. The molecule has 0 bridgehead atoms. The summed E-state index contributed by atoms with van der Waals surface area (Å²) in [7, 11) is 0. The van der Waals surface area contributed by atoms with Gasteiger partial charge in [0.15, 0.2) is 11.5 Å². The van der Waals surface area contributed by atoms with E-state index in [4.69, 9.17) is 9.97 Å². The number of benzene rings is 1. The zero-order chi connectivity index (χ0) is 23.4. The van der Waals surface area contributed by atoms with Crippen LogP contribution in [0.25, 0.3) is 22.6 Å². The lowest BCUT2D eigenvalue weighted by Gasteiger charge is -2.26. The smallest absolute Gasteiger partial charge is 0.228 e. The predicted octanol–water partition coefficient (Wildman–Crippen LogP) is 5.13. The second-order valence-electron chi connectivity index (χ2n) is 9.44. The number of hydrogen-bond donors (Lipinski definition) is 2. The van der Waals surface area contributed by atoms with Crippen LogP contribution >= 0.6 is 0 Å². The van der Waals surface area contributed by atoms with Gasteiger partial charge >= 0.3 is 0 Å². The van der Waals surface area contributed by atoms with Crippen LogP contribution in [0.2, 0.25) is 0 Å². The lowest BCUT2D eigenvalue weighted by molar-refractivity contribution is 0.475. The maximum Gasteiger partial charge on any atom is 0.228 e. The predicted molar refractivity (Wildman–Crippen MR) is 128 cm³/mol. The van der Waals surface area contributed by atoms with Gasteiger partial charge < -0.3 is 10.4 Å². The summed E-state index contributed by atoms with van der Waals surface area (Å²) in [5.74, 6) is 1.09. The van der Waals surface area contributed by atoms with Crippen LogP contribution in [0.4, 0.5) is 10.3 Å². The van der Waals surface area contributed by atoms with Crippen molar-refractivity contribution in [2.75, 3.05) is 5.32 Å². The van der Waals surface area contributed by atoms with Gasteiger partial charge in [-0.15, -0.1) is 0 Å². The van der Waals surface area contributed by atoms with Crippen molar-refractivity contribution >= 4 is 17.2 Å². The molecule has 3 aromatic heterocycles. The van der Waals surface area contributed by atoms with Gasteiger partial charge in [0.1, 0.15) is 11.6 Å². The summed E-state index contributed by atoms with van der Waals surface area (Å²) in [6.45, 7) is 4.19. The maximum atomic E-state index is 13.9. The van der Waals surface area contributed by atoms with Gasteiger partial charge in [-0.25, -0.2) is 9.37 Å². The Kier molecular flexibility index (Phi) is 4.83. The van der Waals surface area contributed by atoms with Gasteiger partial charge in [-0.1, -0.05) is 25.5 Å². The summed E-state index contributed by atoms with van der Waals surface area (Å²) >= 11 is 0. The molecule has 8 heteroatoms. The number of phenolic OH excluding ortho intramolecular Hbond substituents is 1. The fourth-order valence-corrected chi connectivity index (χ4v) is 5.08. The van der Waals surface area contributed by atoms with Crippen molar-refractivity contribution in [1.82, 2.24) is 24.6 Å². The van der Waals surface area contributed by atoms with Crippen molar-refractivity contribution in [3.05, 3.63) is 70.9 Å². The third-order valence-electron chi connectivity index (χ3n) is 6.81. The van der Waals surface area contributed by atoms with Crippen molar-refractivity contribution in [3.8, 4) is 17.1 Å². The standard InChI is InChI=1S/C26H25FN6O/c1-14(2)23-13-29-33-25(23)31-24(17-8-18(27)12-28-11-17)32-26(33)30-19-5-3-15-7-16-4-6-20(34)10-22(16)21(15)9-19/h4,6,8,10-14,19,34H,3,5,7,9H2,1-2H3,(H,30,31,32)/t19-/m0/s1. The number of nitrogens with zero attached hydrogens (tertiary/aromatic N) is 5. The van der Waals surface area contributed by atoms with Crippen LogP contribution in [0.5, 0.6) is 5.75 Å². The van der Waals surface area contributed by atoms with Crippen LogP contribution in [0, 0.1) is 5.82 Å². The highest BCUT2D eigenvalue weighted by Crippen LogP contribution is 2.43. The molecule has 0 aliphatic heterocycles. The van der Waals surface area contributed by atoms with E-state index in [0.717, 1.165) is 36.8 Å². The summed E-state index contributed by atoms with van der Waals surface area (Å²) < 4.78 is 15.6. The van der Waals surface area contributed by atoms with Gasteiger partial charge in [0.05, 0.1) is 12.4 Å². The zero-order valence-corrected chi connectivity index (χ0v) is 19.1. The minimum Gasteiger partial charge on any atom is -0.508 e. The number of aromatic nitrogens is 5. The van der Waals surface area contributed by atoms with Crippen LogP contribution in [-0.2, 0) is 6.42 Å². The first-order valence-electron chi connectivity index (χ1n) is 11.6. The Labute approximate surface area is 196 Å². The SMILES string of the molecule is CC(C)c1cnn2c(N[C@H]3CCC4=C(C3)c3cc(O)ccc3C4)nc(-c3cncc(F)c3)nc12. The van der Waals surface area contributed by atoms with E-state index in [1.807, 2.05) is 18.3 Å². The van der Waals surface area contributed by atoms with Gasteiger partial charge in [0.2, 0.25) is 5.95 Å². The Morgan fingerprint density at radius 1 is 1.15 bits per heavy atom. The van der Waals surface area contributed by atoms with Crippen molar-refractivity contribution in [3.63, 3.8) is 0 Å². The molecule has 7 nitrogen and oxygen atoms in total. The average molecular weight is 457 g/mol. The minimum atomic E-state index is -0.428. The van der Waals surface area contributed by atoms with E-state index in [0.29, 0.717) is 28.7 Å². The van der Waals surface area contributed by atoms with E-state index in [1.165, 1.54) is 29.0 Å². The highest BCUT2D eigenvalue weighted by Gasteiger charge is 2.29. The van der Waals surface area contributed by atoms with Crippen LogP contribution in [0.15, 0.2) is 48.4 Å². The Morgan fingerprint density at radius 3 is 2.85 bits per heavy atom. The molecule has 4 aromatic rings. The van der Waals surface area contributed by atoms with E-state index >= 15 is 0 Å². The number of hydrogen-bond acceptors (Lipinski definition) is 6. The molecule has 2 aliphatic rings. The number of rotatable bonds is 4. The highest BCUT2D eigenvalue weighted by molar-refractivity contribution is 5.78. The van der Waals surface area contributed by atoms with E-state index in [9.17, 15) is 9.50 Å². The quantitative estimate of drug-likeness (QED) is 0.443. The zero-order valence-electron chi connectivity index (χ0n) is 19.1. The Bertz CT molecular complexity index is 1460. The second kappa shape index (κ2) is 7.90. The second-order valence-corrected chi connectivity index (χ2v) is 9.44. The average Bonchev–Trinajstić information content (AvgIpc) is 3.40. The summed E-state index contributed by atoms with van der Waals surface area (Å²) in [6, 6.07) is 7.21. The minimum absolute atomic E-state index is 0.148. The van der Waals surface area contributed by atoms with Gasteiger partial charge in [-0.3, -0.25) is 4.98 Å². The number of aromatic hydroxyl groups is 1. The lowest BCUT2D eigenvalue weighted by Crippen LogP contribution is -2.25. The number of pyridine rings is 1. The molecular weight excluding hydrogens is 431 g/mol. The molecule has 3 heterocycles. The number of allylic oxidation sites excluding steroid dienone is 1. The van der Waals surface area contributed by atoms with Crippen molar-refractivity contribution < 1.29 is 9.50 Å². The summed E-state index contributed by atoms with van der Waals surface area (Å²) in [6.07, 6.45) is 8.33. The normalized spacial score (nSPS) is 17.4. The molecule has 0 fully saturated rings. The van der Waals surface area contributed by atoms with E-state index in [-0.39, 0.29) is 12.0 Å². The first-order chi connectivity index (χ1) is 16.5. The van der Waals surface area contributed by atoms with Crippen LogP contribution in [0.3, 0.4) is 0 Å². The Morgan fingerprint density at radius 2 is 2.03 bits per heavy atom. The largest absolute Gasteiger partial charge is 0.508 e. The molecule has 0 radical (unpaired) electrons. The van der Waals surface area contributed by atoms with E-state index in [1.54, 1.807) is 16.8 Å². The van der Waals surface area contributed by atoms with Crippen LogP contribution in [-0.4, -0.2) is 35.7 Å². The molecule has 0 unspecified atom stereocenters. The monoisotopic (exact) mass is 456 g/mol. The van der Waals surface area contributed by atoms with E-state index < -0.39 is 5.82 Å². The molecule has 0 saturated heterocycles. The molecule has 2 N–H and O–H groups in total. The first kappa shape index (κ1) is 20.8. The molecular formula is C26H25FN6O. The fourth-order valence-electron chi connectivity index (χ4n) is 5.08. The number of anilines is 1. The number of fused-ring (bicyclic) bond motifs is 3. The van der Waals surface area contributed by atoms with Gasteiger partial charge in [0.25, 0.3) is 0 Å². The Hall–Kier alpha value is -3.81. The number of nitrogens with one attached hydrogen (secondary N) is 1. The van der Waals surface area contributed by atoms with Crippen LogP contribution in [0.1, 0.15) is 55.7 Å². The molecule has 0 amide bonds. The first-order valence-corrected chi connectivity index (χ1v) is 11.6. The lowest BCUT2D eigenvalue weighted by atomic mass is 9.88. The third-order valence-corrected chi connectivity index (χ3v) is 6.81. The molecule has 6 rings (SSSR count). The van der Waals surface area contributed by atoms with Crippen molar-refractivity contribution in [2.24, 2.45) is 0 Å². The van der Waals surface area contributed by atoms with Gasteiger partial charge in [-0.2, -0.15) is 14.6 Å².